The molecule has 21 heavy (non-hydrogen) atoms. The second kappa shape index (κ2) is 6.26. The van der Waals surface area contributed by atoms with Crippen LogP contribution in [0.15, 0.2) is 24.3 Å². The monoisotopic (exact) mass is 303 g/mol. The maximum Gasteiger partial charge on any atom is 0.231 e. The predicted molar refractivity (Wildman–Crippen MR) is 84.8 cm³/mol. The molecule has 0 amide bonds. The number of hydrogen-bond donors (Lipinski definition) is 1. The van der Waals surface area contributed by atoms with Gasteiger partial charge in [0.25, 0.3) is 0 Å². The third-order valence-corrected chi connectivity index (χ3v) is 3.69. The van der Waals surface area contributed by atoms with Crippen molar-refractivity contribution in [1.82, 2.24) is 15.0 Å². The van der Waals surface area contributed by atoms with Gasteiger partial charge in [0.2, 0.25) is 17.2 Å². The average Bonchev–Trinajstić information content (AvgIpc) is 2.99. The van der Waals surface area contributed by atoms with E-state index in [1.807, 2.05) is 6.07 Å². The van der Waals surface area contributed by atoms with Crippen LogP contribution in [0.1, 0.15) is 24.0 Å². The molecule has 1 fully saturated rings. The first-order valence-electron chi connectivity index (χ1n) is 7.17. The highest BCUT2D eigenvalue weighted by atomic mass is 35.5. The lowest BCUT2D eigenvalue weighted by molar-refractivity contribution is 0.876. The summed E-state index contributed by atoms with van der Waals surface area (Å²) < 4.78 is 0. The van der Waals surface area contributed by atoms with Crippen LogP contribution in [-0.2, 0) is 6.54 Å². The van der Waals surface area contributed by atoms with Crippen molar-refractivity contribution in [3.05, 3.63) is 40.7 Å². The normalized spacial score (nSPS) is 14.5. The number of benzene rings is 1. The Labute approximate surface area is 129 Å². The SMILES string of the molecule is Cc1cccc(CNc2nc(Cl)nc(N3CCCC3)n2)c1. The highest BCUT2D eigenvalue weighted by Crippen LogP contribution is 2.19. The van der Waals surface area contributed by atoms with Crippen molar-refractivity contribution in [2.24, 2.45) is 0 Å². The second-order valence-corrected chi connectivity index (χ2v) is 5.60. The van der Waals surface area contributed by atoms with Crippen LogP contribution in [0.5, 0.6) is 0 Å². The molecule has 0 atom stereocenters. The summed E-state index contributed by atoms with van der Waals surface area (Å²) in [5, 5.41) is 3.45. The van der Waals surface area contributed by atoms with E-state index in [0.717, 1.165) is 13.1 Å². The molecule has 0 spiro atoms. The fourth-order valence-corrected chi connectivity index (χ4v) is 2.64. The van der Waals surface area contributed by atoms with E-state index in [1.54, 1.807) is 0 Å². The molecule has 1 aliphatic heterocycles. The summed E-state index contributed by atoms with van der Waals surface area (Å²) in [6.45, 7) is 4.71. The van der Waals surface area contributed by atoms with Gasteiger partial charge in [-0.25, -0.2) is 0 Å². The minimum absolute atomic E-state index is 0.235. The van der Waals surface area contributed by atoms with Gasteiger partial charge in [-0.3, -0.25) is 0 Å². The summed E-state index contributed by atoms with van der Waals surface area (Å²) >= 11 is 6.01. The van der Waals surface area contributed by atoms with Crippen LogP contribution in [0.25, 0.3) is 0 Å². The number of halogens is 1. The van der Waals surface area contributed by atoms with Crippen molar-refractivity contribution in [3.63, 3.8) is 0 Å². The molecule has 6 heteroatoms. The number of hydrogen-bond acceptors (Lipinski definition) is 5. The van der Waals surface area contributed by atoms with Gasteiger partial charge in [0, 0.05) is 19.6 Å². The molecule has 0 radical (unpaired) electrons. The van der Waals surface area contributed by atoms with E-state index >= 15 is 0 Å². The van der Waals surface area contributed by atoms with Crippen LogP contribution in [-0.4, -0.2) is 28.0 Å². The van der Waals surface area contributed by atoms with Crippen LogP contribution in [0, 0.1) is 6.92 Å². The van der Waals surface area contributed by atoms with Crippen LogP contribution in [0.4, 0.5) is 11.9 Å². The molecule has 1 saturated heterocycles. The van der Waals surface area contributed by atoms with E-state index in [4.69, 9.17) is 11.6 Å². The Kier molecular flexibility index (Phi) is 4.20. The summed E-state index contributed by atoms with van der Waals surface area (Å²) in [5.41, 5.74) is 2.43. The summed E-state index contributed by atoms with van der Waals surface area (Å²) in [7, 11) is 0. The van der Waals surface area contributed by atoms with E-state index in [9.17, 15) is 0 Å². The molecule has 0 aliphatic carbocycles. The van der Waals surface area contributed by atoms with Crippen LogP contribution < -0.4 is 10.2 Å². The zero-order valence-corrected chi connectivity index (χ0v) is 12.8. The highest BCUT2D eigenvalue weighted by molar-refractivity contribution is 6.28. The third-order valence-electron chi connectivity index (χ3n) is 3.52. The summed E-state index contributed by atoms with van der Waals surface area (Å²) in [5.74, 6) is 1.19. The molecule has 110 valence electrons. The van der Waals surface area contributed by atoms with E-state index in [2.05, 4.69) is 50.3 Å². The number of anilines is 2. The van der Waals surface area contributed by atoms with E-state index in [1.165, 1.54) is 24.0 Å². The van der Waals surface area contributed by atoms with Gasteiger partial charge in [-0.15, -0.1) is 0 Å². The van der Waals surface area contributed by atoms with Crippen molar-refractivity contribution in [1.29, 1.82) is 0 Å². The Balaban J connectivity index is 1.72. The van der Waals surface area contributed by atoms with Crippen molar-refractivity contribution in [2.75, 3.05) is 23.3 Å². The smallest absolute Gasteiger partial charge is 0.231 e. The maximum atomic E-state index is 6.01. The first kappa shape index (κ1) is 14.1. The molecule has 0 unspecified atom stereocenters. The largest absolute Gasteiger partial charge is 0.350 e. The average molecular weight is 304 g/mol. The lowest BCUT2D eigenvalue weighted by Crippen LogP contribution is -2.21. The fourth-order valence-electron chi connectivity index (χ4n) is 2.48. The molecule has 2 heterocycles. The topological polar surface area (TPSA) is 53.9 Å². The number of rotatable bonds is 4. The standard InChI is InChI=1S/C15H18ClN5/c1-11-5-4-6-12(9-11)10-17-14-18-13(16)19-15(20-14)21-7-2-3-8-21/h4-6,9H,2-3,7-8,10H2,1H3,(H,17,18,19,20). The van der Waals surface area contributed by atoms with Gasteiger partial charge in [-0.2, -0.15) is 15.0 Å². The van der Waals surface area contributed by atoms with Gasteiger partial charge in [0.1, 0.15) is 0 Å². The first-order chi connectivity index (χ1) is 10.2. The quantitative estimate of drug-likeness (QED) is 0.941. The highest BCUT2D eigenvalue weighted by Gasteiger charge is 2.16. The second-order valence-electron chi connectivity index (χ2n) is 5.26. The van der Waals surface area contributed by atoms with E-state index in [-0.39, 0.29) is 5.28 Å². The Morgan fingerprint density at radius 1 is 1.19 bits per heavy atom. The van der Waals surface area contributed by atoms with Crippen molar-refractivity contribution < 1.29 is 0 Å². The van der Waals surface area contributed by atoms with Gasteiger partial charge < -0.3 is 10.2 Å². The van der Waals surface area contributed by atoms with Gasteiger partial charge in [-0.1, -0.05) is 29.8 Å². The fraction of sp³-hybridized carbons (Fsp3) is 0.400. The minimum Gasteiger partial charge on any atom is -0.350 e. The molecular formula is C15H18ClN5. The van der Waals surface area contributed by atoms with Gasteiger partial charge in [-0.05, 0) is 36.9 Å². The van der Waals surface area contributed by atoms with Crippen molar-refractivity contribution >= 4 is 23.5 Å². The lowest BCUT2D eigenvalue weighted by Gasteiger charge is -2.15. The Hall–Kier alpha value is -1.88. The third kappa shape index (κ3) is 3.61. The van der Waals surface area contributed by atoms with Gasteiger partial charge in [0.05, 0.1) is 0 Å². The summed E-state index contributed by atoms with van der Waals surface area (Å²) in [4.78, 5) is 15.0. The molecule has 5 nitrogen and oxygen atoms in total. The number of nitrogens with one attached hydrogen (secondary N) is 1. The number of nitrogens with zero attached hydrogens (tertiary/aromatic N) is 4. The van der Waals surface area contributed by atoms with Crippen LogP contribution in [0.2, 0.25) is 5.28 Å². The summed E-state index contributed by atoms with van der Waals surface area (Å²) in [6.07, 6.45) is 2.35. The predicted octanol–water partition coefficient (Wildman–Crippen LogP) is 3.05. The van der Waals surface area contributed by atoms with Crippen molar-refractivity contribution in [3.8, 4) is 0 Å². The van der Waals surface area contributed by atoms with Crippen LogP contribution in [0.3, 0.4) is 0 Å². The van der Waals surface area contributed by atoms with E-state index < -0.39 is 0 Å². The van der Waals surface area contributed by atoms with Gasteiger partial charge in [0.15, 0.2) is 0 Å². The van der Waals surface area contributed by atoms with E-state index in [0.29, 0.717) is 18.4 Å². The lowest BCUT2D eigenvalue weighted by atomic mass is 10.1. The Morgan fingerprint density at radius 2 is 2.00 bits per heavy atom. The molecule has 2 aromatic rings. The molecule has 1 N–H and O–H groups in total. The van der Waals surface area contributed by atoms with Gasteiger partial charge >= 0.3 is 0 Å². The maximum absolute atomic E-state index is 6.01. The minimum atomic E-state index is 0.235. The molecule has 1 aromatic carbocycles. The molecule has 1 aliphatic rings. The zero-order chi connectivity index (χ0) is 14.7. The van der Waals surface area contributed by atoms with Crippen molar-refractivity contribution in [2.45, 2.75) is 26.3 Å². The number of aryl methyl sites for hydroxylation is 1. The first-order valence-corrected chi connectivity index (χ1v) is 7.54. The summed E-state index contributed by atoms with van der Waals surface area (Å²) in [6, 6.07) is 8.33. The molecule has 3 rings (SSSR count). The Bertz CT molecular complexity index is 625. The molecule has 0 saturated carbocycles. The zero-order valence-electron chi connectivity index (χ0n) is 12.0. The molecule has 0 bridgehead atoms. The molecule has 1 aromatic heterocycles. The van der Waals surface area contributed by atoms with Crippen LogP contribution >= 0.6 is 11.6 Å². The Morgan fingerprint density at radius 3 is 2.76 bits per heavy atom. The number of aromatic nitrogens is 3. The molecular weight excluding hydrogens is 286 g/mol.